The van der Waals surface area contributed by atoms with Gasteiger partial charge in [-0.15, -0.1) is 12.4 Å². The summed E-state index contributed by atoms with van der Waals surface area (Å²) in [6, 6.07) is -0.0780. The summed E-state index contributed by atoms with van der Waals surface area (Å²) < 4.78 is 5.80. The van der Waals surface area contributed by atoms with Gasteiger partial charge in [-0.1, -0.05) is 6.42 Å². The molecule has 0 aromatic heterocycles. The Morgan fingerprint density at radius 1 is 1.53 bits per heavy atom. The van der Waals surface area contributed by atoms with E-state index in [9.17, 15) is 4.79 Å². The summed E-state index contributed by atoms with van der Waals surface area (Å²) in [5, 5.41) is 3.14. The summed E-state index contributed by atoms with van der Waals surface area (Å²) in [5.74, 6) is 0.532. The average Bonchev–Trinajstić information content (AvgIpc) is 2.56. The molecule has 3 rings (SSSR count). The topological polar surface area (TPSA) is 64.4 Å². The molecule has 0 aromatic carbocycles. The highest BCUT2D eigenvalue weighted by molar-refractivity contribution is 5.85. The quantitative estimate of drug-likeness (QED) is 0.773. The number of rotatable bonds is 2. The molecule has 0 aromatic rings. The maximum Gasteiger partial charge on any atom is 0.236 e. The number of hydrogen-bond donors (Lipinski definition) is 2. The van der Waals surface area contributed by atoms with E-state index in [-0.39, 0.29) is 23.7 Å². The van der Waals surface area contributed by atoms with Gasteiger partial charge in [-0.2, -0.15) is 0 Å². The maximum absolute atomic E-state index is 11.7. The molecule has 2 aliphatic carbocycles. The Labute approximate surface area is 108 Å². The van der Waals surface area contributed by atoms with E-state index in [0.29, 0.717) is 18.1 Å². The number of nitrogens with one attached hydrogen (secondary N) is 1. The molecule has 1 spiro atoms. The molecule has 1 aliphatic heterocycles. The van der Waals surface area contributed by atoms with Crippen LogP contribution >= 0.6 is 12.4 Å². The van der Waals surface area contributed by atoms with Crippen LogP contribution in [-0.2, 0) is 9.53 Å². The van der Waals surface area contributed by atoms with E-state index in [1.165, 1.54) is 19.3 Å². The standard InChI is InChI=1S/C12H20N2O2.ClH/c1-7(13)11(15)14-9-8-3-6-16-10(8)12(9)4-2-5-12;/h7-10H,2-6,13H2,1H3,(H,14,15);1H/t7-,8?,9?,10?;/m1./s1. The molecule has 4 nitrogen and oxygen atoms in total. The normalized spacial score (nSPS) is 38.4. The minimum absolute atomic E-state index is 0. The van der Waals surface area contributed by atoms with Gasteiger partial charge in [-0.05, 0) is 26.2 Å². The Bertz CT molecular complexity index is 318. The van der Waals surface area contributed by atoms with Crippen LogP contribution in [-0.4, -0.2) is 30.7 Å². The lowest BCUT2D eigenvalue weighted by molar-refractivity contribution is -0.179. The van der Waals surface area contributed by atoms with E-state index in [2.05, 4.69) is 5.32 Å². The van der Waals surface area contributed by atoms with Crippen molar-refractivity contribution in [2.24, 2.45) is 17.1 Å². The van der Waals surface area contributed by atoms with Crippen LogP contribution < -0.4 is 11.1 Å². The Balaban J connectivity index is 0.00000108. The van der Waals surface area contributed by atoms with Crippen molar-refractivity contribution < 1.29 is 9.53 Å². The smallest absolute Gasteiger partial charge is 0.236 e. The van der Waals surface area contributed by atoms with Crippen LogP contribution in [0.2, 0.25) is 0 Å². The molecule has 0 radical (unpaired) electrons. The van der Waals surface area contributed by atoms with Crippen LogP contribution in [0.1, 0.15) is 32.6 Å². The number of hydrogen-bond acceptors (Lipinski definition) is 3. The first-order valence-electron chi connectivity index (χ1n) is 6.33. The van der Waals surface area contributed by atoms with Gasteiger partial charge in [0.2, 0.25) is 5.91 Å². The zero-order valence-electron chi connectivity index (χ0n) is 10.1. The van der Waals surface area contributed by atoms with E-state index in [4.69, 9.17) is 10.5 Å². The highest BCUT2D eigenvalue weighted by atomic mass is 35.5. The molecule has 98 valence electrons. The first-order chi connectivity index (χ1) is 7.65. The molecular formula is C12H21ClN2O2. The van der Waals surface area contributed by atoms with Gasteiger partial charge in [-0.3, -0.25) is 4.79 Å². The molecule has 3 aliphatic rings. The van der Waals surface area contributed by atoms with Crippen LogP contribution in [0, 0.1) is 11.3 Å². The third-order valence-electron chi connectivity index (χ3n) is 4.75. The van der Waals surface area contributed by atoms with Crippen molar-refractivity contribution in [2.75, 3.05) is 6.61 Å². The fourth-order valence-corrected chi connectivity index (χ4v) is 3.74. The van der Waals surface area contributed by atoms with E-state index < -0.39 is 6.04 Å². The number of carbonyl (C=O) groups excluding carboxylic acids is 1. The highest BCUT2D eigenvalue weighted by Crippen LogP contribution is 2.62. The van der Waals surface area contributed by atoms with E-state index in [1.54, 1.807) is 6.92 Å². The number of carbonyl (C=O) groups is 1. The first kappa shape index (κ1) is 13.1. The number of halogens is 1. The fraction of sp³-hybridized carbons (Fsp3) is 0.917. The summed E-state index contributed by atoms with van der Waals surface area (Å²) >= 11 is 0. The van der Waals surface area contributed by atoms with Gasteiger partial charge < -0.3 is 15.8 Å². The zero-order chi connectivity index (χ0) is 11.3. The second-order valence-electron chi connectivity index (χ2n) is 5.61. The monoisotopic (exact) mass is 260 g/mol. The van der Waals surface area contributed by atoms with Gasteiger partial charge in [0.05, 0.1) is 12.1 Å². The van der Waals surface area contributed by atoms with Gasteiger partial charge in [0.15, 0.2) is 0 Å². The van der Waals surface area contributed by atoms with Crippen LogP contribution in [0.15, 0.2) is 0 Å². The van der Waals surface area contributed by atoms with Gasteiger partial charge >= 0.3 is 0 Å². The summed E-state index contributed by atoms with van der Waals surface area (Å²) in [4.78, 5) is 11.7. The van der Waals surface area contributed by atoms with Crippen molar-refractivity contribution in [1.29, 1.82) is 0 Å². The Morgan fingerprint density at radius 2 is 2.24 bits per heavy atom. The zero-order valence-corrected chi connectivity index (χ0v) is 11.0. The molecule has 3 fully saturated rings. The number of ether oxygens (including phenoxy) is 1. The lowest BCUT2D eigenvalue weighted by Crippen LogP contribution is -2.72. The number of amides is 1. The van der Waals surface area contributed by atoms with Crippen molar-refractivity contribution >= 4 is 18.3 Å². The van der Waals surface area contributed by atoms with Gasteiger partial charge in [0.1, 0.15) is 0 Å². The van der Waals surface area contributed by atoms with Crippen LogP contribution in [0.25, 0.3) is 0 Å². The fourth-order valence-electron chi connectivity index (χ4n) is 3.74. The first-order valence-corrected chi connectivity index (χ1v) is 6.33. The van der Waals surface area contributed by atoms with Gasteiger partial charge in [0, 0.05) is 24.0 Å². The van der Waals surface area contributed by atoms with Crippen molar-refractivity contribution in [1.82, 2.24) is 5.32 Å². The van der Waals surface area contributed by atoms with Crippen molar-refractivity contribution in [3.8, 4) is 0 Å². The third kappa shape index (κ3) is 1.69. The summed E-state index contributed by atoms with van der Waals surface area (Å²) in [5.41, 5.74) is 5.87. The lowest BCUT2D eigenvalue weighted by Gasteiger charge is -2.63. The van der Waals surface area contributed by atoms with Gasteiger partial charge in [0.25, 0.3) is 0 Å². The lowest BCUT2D eigenvalue weighted by atomic mass is 9.46. The molecule has 5 heteroatoms. The summed E-state index contributed by atoms with van der Waals surface area (Å²) in [7, 11) is 0. The molecular weight excluding hydrogens is 240 g/mol. The molecule has 1 amide bonds. The second kappa shape index (κ2) is 4.41. The van der Waals surface area contributed by atoms with Crippen LogP contribution in [0.3, 0.4) is 0 Å². The van der Waals surface area contributed by atoms with Crippen molar-refractivity contribution in [3.05, 3.63) is 0 Å². The van der Waals surface area contributed by atoms with Crippen LogP contribution in [0.4, 0.5) is 0 Å². The minimum Gasteiger partial charge on any atom is -0.377 e. The Morgan fingerprint density at radius 3 is 2.76 bits per heavy atom. The highest BCUT2D eigenvalue weighted by Gasteiger charge is 2.66. The molecule has 17 heavy (non-hydrogen) atoms. The predicted octanol–water partition coefficient (Wildman–Crippen LogP) is 0.829. The van der Waals surface area contributed by atoms with E-state index in [1.807, 2.05) is 0 Å². The number of nitrogens with two attached hydrogens (primary N) is 1. The second-order valence-corrected chi connectivity index (χ2v) is 5.61. The molecule has 1 heterocycles. The largest absolute Gasteiger partial charge is 0.377 e. The summed E-state index contributed by atoms with van der Waals surface area (Å²) in [6.45, 7) is 2.60. The average molecular weight is 261 g/mol. The molecule has 3 unspecified atom stereocenters. The third-order valence-corrected chi connectivity index (χ3v) is 4.75. The van der Waals surface area contributed by atoms with Gasteiger partial charge in [-0.25, -0.2) is 0 Å². The van der Waals surface area contributed by atoms with E-state index in [0.717, 1.165) is 13.0 Å². The molecule has 3 N–H and O–H groups in total. The SMILES string of the molecule is C[C@@H](N)C(=O)NC1C2CCOC2C12CCC2.Cl. The number of fused-ring (bicyclic) bond motifs is 2. The van der Waals surface area contributed by atoms with Crippen LogP contribution in [0.5, 0.6) is 0 Å². The molecule has 2 saturated carbocycles. The Hall–Kier alpha value is -0.320. The van der Waals surface area contributed by atoms with Crippen molar-refractivity contribution in [3.63, 3.8) is 0 Å². The molecule has 4 atom stereocenters. The van der Waals surface area contributed by atoms with Crippen molar-refractivity contribution in [2.45, 2.75) is 50.8 Å². The molecule has 1 saturated heterocycles. The van der Waals surface area contributed by atoms with E-state index >= 15 is 0 Å². The maximum atomic E-state index is 11.7. The Kier molecular flexibility index (Phi) is 3.40. The predicted molar refractivity (Wildman–Crippen MR) is 67.0 cm³/mol. The summed E-state index contributed by atoms with van der Waals surface area (Å²) in [6.07, 6.45) is 5.20. The molecule has 0 bridgehead atoms. The minimum atomic E-state index is -0.404.